The fourth-order valence-electron chi connectivity index (χ4n) is 4.66. The maximum atomic E-state index is 9.35. The lowest BCUT2D eigenvalue weighted by atomic mass is 9.83. The highest BCUT2D eigenvalue weighted by molar-refractivity contribution is 6.24. The van der Waals surface area contributed by atoms with Gasteiger partial charge in [-0.3, -0.25) is 0 Å². The molecule has 0 radical (unpaired) electrons. The van der Waals surface area contributed by atoms with Crippen LogP contribution in [-0.2, 0) is 0 Å². The second-order valence-corrected chi connectivity index (χ2v) is 8.23. The maximum absolute atomic E-state index is 9.35. The Morgan fingerprint density at radius 2 is 1.00 bits per heavy atom. The number of rotatable bonds is 3. The molecule has 0 aliphatic carbocycles. The highest BCUT2D eigenvalue weighted by atomic mass is 14.2. The van der Waals surface area contributed by atoms with Gasteiger partial charge in [0.1, 0.15) is 0 Å². The lowest BCUT2D eigenvalue weighted by molar-refractivity contribution is 1.64. The van der Waals surface area contributed by atoms with Crippen molar-refractivity contribution in [2.75, 3.05) is 0 Å². The van der Waals surface area contributed by atoms with Gasteiger partial charge in [0.05, 0.1) is 19.2 Å². The Hall–Kier alpha value is -4.68. The van der Waals surface area contributed by atoms with Gasteiger partial charge in [0.2, 0.25) is 0 Å². The maximum Gasteiger partial charge on any atom is 0.0636 e. The fourth-order valence-corrected chi connectivity index (χ4v) is 4.66. The molecule has 36 heavy (non-hydrogen) atoms. The Morgan fingerprint density at radius 1 is 0.417 bits per heavy atom. The predicted octanol–water partition coefficient (Wildman–Crippen LogP) is 10.1. The zero-order valence-corrected chi connectivity index (χ0v) is 18.8. The number of hydrogen-bond donors (Lipinski definition) is 0. The molecule has 0 bridgehead atoms. The summed E-state index contributed by atoms with van der Waals surface area (Å²) >= 11 is 0. The van der Waals surface area contributed by atoms with Crippen molar-refractivity contribution in [3.05, 3.63) is 145 Å². The fraction of sp³-hybridized carbons (Fsp3) is 0. The van der Waals surface area contributed by atoms with E-state index in [1.807, 2.05) is 0 Å². The second-order valence-electron chi connectivity index (χ2n) is 8.23. The minimum atomic E-state index is -0.656. The molecule has 168 valence electrons. The first-order valence-corrected chi connectivity index (χ1v) is 11.3. The standard InChI is InChI=1S/C36H24/c1-3-13-26(14-4-1)34-31-18-9-10-19-32(31)35(27-15-5-2-6-16-27)36-30(20-11-21-33(34)36)29-23-22-25-12-7-8-17-28(25)24-29/h1-24H/i7D,8D,9D,10D,11D,12D,17D,18D,19D,20D,21D,22D,23D,24D. The molecule has 7 rings (SSSR count). The van der Waals surface area contributed by atoms with Gasteiger partial charge < -0.3 is 0 Å². The Bertz CT molecular complexity index is 2620. The van der Waals surface area contributed by atoms with E-state index >= 15 is 0 Å². The topological polar surface area (TPSA) is 0 Å². The third kappa shape index (κ3) is 3.31. The Kier molecular flexibility index (Phi) is 2.59. The van der Waals surface area contributed by atoms with Crippen molar-refractivity contribution < 1.29 is 19.2 Å². The second kappa shape index (κ2) is 8.52. The largest absolute Gasteiger partial charge is 0.0636 e. The molecule has 0 N–H and O–H groups in total. The minimum absolute atomic E-state index is 0.0176. The van der Waals surface area contributed by atoms with Gasteiger partial charge in [0, 0.05) is 0 Å². The van der Waals surface area contributed by atoms with Gasteiger partial charge in [-0.2, -0.15) is 0 Å². The lowest BCUT2D eigenvalue weighted by Gasteiger charge is -2.20. The minimum Gasteiger partial charge on any atom is -0.0622 e. The average molecular weight is 471 g/mol. The normalized spacial score (nSPS) is 16.8. The van der Waals surface area contributed by atoms with E-state index < -0.39 is 78.6 Å². The summed E-state index contributed by atoms with van der Waals surface area (Å²) in [6.45, 7) is 0. The van der Waals surface area contributed by atoms with E-state index in [0.717, 1.165) is 0 Å². The molecule has 7 aromatic carbocycles. The molecule has 7 aromatic rings. The van der Waals surface area contributed by atoms with E-state index in [2.05, 4.69) is 0 Å². The van der Waals surface area contributed by atoms with Gasteiger partial charge in [-0.25, -0.2) is 0 Å². The van der Waals surface area contributed by atoms with Crippen LogP contribution in [0, 0.1) is 0 Å². The molecular formula is C36H24. The van der Waals surface area contributed by atoms with Crippen LogP contribution in [0.1, 0.15) is 19.2 Å². The highest BCUT2D eigenvalue weighted by Crippen LogP contribution is 2.47. The van der Waals surface area contributed by atoms with Gasteiger partial charge in [-0.05, 0) is 71.7 Å². The third-order valence-electron chi connectivity index (χ3n) is 6.19. The molecule has 0 atom stereocenters. The first-order valence-electron chi connectivity index (χ1n) is 18.3. The molecule has 0 nitrogen and oxygen atoms in total. The van der Waals surface area contributed by atoms with E-state index in [4.69, 9.17) is 13.7 Å². The highest BCUT2D eigenvalue weighted by Gasteiger charge is 2.19. The van der Waals surface area contributed by atoms with Crippen LogP contribution in [0.5, 0.6) is 0 Å². The smallest absolute Gasteiger partial charge is 0.0622 e. The summed E-state index contributed by atoms with van der Waals surface area (Å²) in [4.78, 5) is 0. The molecule has 0 aliphatic heterocycles. The summed E-state index contributed by atoms with van der Waals surface area (Å²) in [6.07, 6.45) is 0. The molecule has 0 aromatic heterocycles. The molecule has 0 spiro atoms. The summed E-state index contributed by atoms with van der Waals surface area (Å²) in [5, 5.41) is -0.548. The van der Waals surface area contributed by atoms with Gasteiger partial charge in [-0.15, -0.1) is 0 Å². The third-order valence-corrected chi connectivity index (χ3v) is 6.19. The summed E-state index contributed by atoms with van der Waals surface area (Å²) in [6, 6.07) is 9.18. The van der Waals surface area contributed by atoms with E-state index in [-0.39, 0.29) is 60.6 Å². The van der Waals surface area contributed by atoms with E-state index in [9.17, 15) is 5.48 Å². The molecular weight excluding hydrogens is 432 g/mol. The van der Waals surface area contributed by atoms with Gasteiger partial charge in [-0.1, -0.05) is 139 Å². The van der Waals surface area contributed by atoms with Crippen LogP contribution in [0.2, 0.25) is 0 Å². The predicted molar refractivity (Wildman–Crippen MR) is 155 cm³/mol. The molecule has 0 aliphatic rings. The van der Waals surface area contributed by atoms with Crippen LogP contribution in [-0.4, -0.2) is 0 Å². The quantitative estimate of drug-likeness (QED) is 0.225. The van der Waals surface area contributed by atoms with Crippen molar-refractivity contribution >= 4 is 32.3 Å². The molecule has 0 saturated heterocycles. The van der Waals surface area contributed by atoms with E-state index in [1.54, 1.807) is 60.7 Å². The number of fused-ring (bicyclic) bond motifs is 3. The van der Waals surface area contributed by atoms with Crippen LogP contribution >= 0.6 is 0 Å². The van der Waals surface area contributed by atoms with Crippen molar-refractivity contribution in [3.63, 3.8) is 0 Å². The van der Waals surface area contributed by atoms with Gasteiger partial charge >= 0.3 is 0 Å². The Morgan fingerprint density at radius 3 is 1.72 bits per heavy atom. The lowest BCUT2D eigenvalue weighted by Crippen LogP contribution is -1.93. The summed E-state index contributed by atoms with van der Waals surface area (Å²) in [7, 11) is 0. The first-order chi connectivity index (χ1) is 23.7. The van der Waals surface area contributed by atoms with Crippen LogP contribution in [0.25, 0.3) is 65.7 Å². The molecule has 0 heteroatoms. The van der Waals surface area contributed by atoms with E-state index in [0.29, 0.717) is 11.1 Å². The van der Waals surface area contributed by atoms with Crippen LogP contribution < -0.4 is 0 Å². The van der Waals surface area contributed by atoms with Gasteiger partial charge in [0.25, 0.3) is 0 Å². The van der Waals surface area contributed by atoms with Crippen molar-refractivity contribution in [3.8, 4) is 33.4 Å². The van der Waals surface area contributed by atoms with Crippen LogP contribution in [0.4, 0.5) is 0 Å². The monoisotopic (exact) mass is 470 g/mol. The summed E-state index contributed by atoms with van der Waals surface area (Å²) in [5.74, 6) is 0. The van der Waals surface area contributed by atoms with Crippen molar-refractivity contribution in [2.45, 2.75) is 0 Å². The molecule has 0 heterocycles. The molecule has 0 unspecified atom stereocenters. The number of benzene rings is 7. The SMILES string of the molecule is [2H]c1c([2H])c([2H])c2c([2H])c(-c3c([2H])c([2H])c([2H])c4c(-c5ccccc5)c5c([2H])c([2H])c([2H])c([2H])c5c(-c5ccccc5)c34)c([2H])c([2H])c2c1[2H]. The zero-order chi connectivity index (χ0) is 36.1. The summed E-state index contributed by atoms with van der Waals surface area (Å²) < 4.78 is 124. The average Bonchev–Trinajstić information content (AvgIpc) is 3.12. The van der Waals surface area contributed by atoms with Crippen LogP contribution in [0.3, 0.4) is 0 Å². The molecule has 0 fully saturated rings. The van der Waals surface area contributed by atoms with E-state index in [1.165, 1.54) is 0 Å². The Balaban J connectivity index is 1.91. The van der Waals surface area contributed by atoms with Gasteiger partial charge in [0.15, 0.2) is 0 Å². The van der Waals surface area contributed by atoms with Crippen molar-refractivity contribution in [1.29, 1.82) is 0 Å². The first kappa shape index (κ1) is 10.9. The van der Waals surface area contributed by atoms with Crippen molar-refractivity contribution in [1.82, 2.24) is 0 Å². The van der Waals surface area contributed by atoms with Crippen molar-refractivity contribution in [2.24, 2.45) is 0 Å². The summed E-state index contributed by atoms with van der Waals surface area (Å²) in [5.41, 5.74) is 0.552. The van der Waals surface area contributed by atoms with Crippen LogP contribution in [0.15, 0.2) is 145 Å². The molecule has 0 saturated carbocycles. The molecule has 0 amide bonds. The zero-order valence-electron chi connectivity index (χ0n) is 32.8. The number of hydrogen-bond acceptors (Lipinski definition) is 0. The Labute approximate surface area is 230 Å².